The minimum absolute atomic E-state index is 0.0919. The van der Waals surface area contributed by atoms with Gasteiger partial charge in [0.25, 0.3) is 0 Å². The van der Waals surface area contributed by atoms with Crippen molar-refractivity contribution < 1.29 is 32.5 Å². The molecule has 1 aliphatic carbocycles. The standard InChI is InChI=1S/C13H13F3O4/c14-13(15,16)20-10-5-2-1-4-9(10)19-12(6-3-7-12)8-11(17)18/h1-2,4-5H,3,6-8H2,(H,17,18). The average Bonchev–Trinajstić information content (AvgIpc) is 2.26. The Balaban J connectivity index is 2.18. The number of hydrogen-bond acceptors (Lipinski definition) is 3. The molecule has 0 radical (unpaired) electrons. The van der Waals surface area contributed by atoms with Crippen LogP contribution in [0.25, 0.3) is 0 Å². The lowest BCUT2D eigenvalue weighted by atomic mass is 9.77. The van der Waals surface area contributed by atoms with E-state index in [0.29, 0.717) is 12.8 Å². The van der Waals surface area contributed by atoms with Crippen LogP contribution in [0.3, 0.4) is 0 Å². The summed E-state index contributed by atoms with van der Waals surface area (Å²) in [6.45, 7) is 0. The molecule has 1 aliphatic rings. The second-order valence-corrected chi connectivity index (χ2v) is 4.70. The van der Waals surface area contributed by atoms with Crippen molar-refractivity contribution in [1.29, 1.82) is 0 Å². The smallest absolute Gasteiger partial charge is 0.483 e. The Morgan fingerprint density at radius 3 is 2.30 bits per heavy atom. The number of alkyl halides is 3. The van der Waals surface area contributed by atoms with Gasteiger partial charge in [0, 0.05) is 0 Å². The van der Waals surface area contributed by atoms with Crippen molar-refractivity contribution in [2.24, 2.45) is 0 Å². The maximum Gasteiger partial charge on any atom is 0.573 e. The van der Waals surface area contributed by atoms with E-state index >= 15 is 0 Å². The molecule has 0 saturated heterocycles. The van der Waals surface area contributed by atoms with Gasteiger partial charge in [-0.1, -0.05) is 12.1 Å². The van der Waals surface area contributed by atoms with Crippen molar-refractivity contribution in [2.45, 2.75) is 37.6 Å². The van der Waals surface area contributed by atoms with Gasteiger partial charge in [-0.05, 0) is 31.4 Å². The lowest BCUT2D eigenvalue weighted by Gasteiger charge is -2.41. The molecule has 0 aliphatic heterocycles. The van der Waals surface area contributed by atoms with Crippen molar-refractivity contribution in [3.63, 3.8) is 0 Å². The highest BCUT2D eigenvalue weighted by molar-refractivity contribution is 5.68. The fraction of sp³-hybridized carbons (Fsp3) is 0.462. The predicted molar refractivity (Wildman–Crippen MR) is 62.6 cm³/mol. The molecular weight excluding hydrogens is 277 g/mol. The molecular formula is C13H13F3O4. The Hall–Kier alpha value is -1.92. The lowest BCUT2D eigenvalue weighted by molar-refractivity contribution is -0.275. The summed E-state index contributed by atoms with van der Waals surface area (Å²) in [6, 6.07) is 5.36. The number of aliphatic carboxylic acids is 1. The predicted octanol–water partition coefficient (Wildman–Crippen LogP) is 3.36. The largest absolute Gasteiger partial charge is 0.573 e. The maximum atomic E-state index is 12.3. The van der Waals surface area contributed by atoms with Crippen LogP contribution in [0.4, 0.5) is 13.2 Å². The number of carboxylic acids is 1. The van der Waals surface area contributed by atoms with Crippen LogP contribution in [0.5, 0.6) is 11.5 Å². The number of benzene rings is 1. The molecule has 1 saturated carbocycles. The Kier molecular flexibility index (Phi) is 3.78. The Bertz CT molecular complexity index is 495. The molecule has 20 heavy (non-hydrogen) atoms. The van der Waals surface area contributed by atoms with Crippen LogP contribution in [0.15, 0.2) is 24.3 Å². The molecule has 0 atom stereocenters. The first-order chi connectivity index (χ1) is 9.30. The molecule has 7 heteroatoms. The molecule has 1 N–H and O–H groups in total. The van der Waals surface area contributed by atoms with Crippen molar-refractivity contribution >= 4 is 5.97 Å². The zero-order valence-electron chi connectivity index (χ0n) is 10.4. The van der Waals surface area contributed by atoms with Crippen molar-refractivity contribution in [1.82, 2.24) is 0 Å². The number of para-hydroxylation sites is 2. The van der Waals surface area contributed by atoms with Gasteiger partial charge in [0.15, 0.2) is 11.5 Å². The molecule has 2 rings (SSSR count). The fourth-order valence-electron chi connectivity index (χ4n) is 2.14. The Labute approximate surface area is 113 Å². The molecule has 0 heterocycles. The molecule has 1 aromatic rings. The van der Waals surface area contributed by atoms with E-state index in [-0.39, 0.29) is 12.2 Å². The molecule has 1 aromatic carbocycles. The average molecular weight is 290 g/mol. The summed E-state index contributed by atoms with van der Waals surface area (Å²) < 4.78 is 46.3. The van der Waals surface area contributed by atoms with E-state index in [2.05, 4.69) is 4.74 Å². The summed E-state index contributed by atoms with van der Waals surface area (Å²) in [6.07, 6.45) is -3.28. The molecule has 1 fully saturated rings. The molecule has 0 bridgehead atoms. The van der Waals surface area contributed by atoms with Crippen molar-refractivity contribution in [3.05, 3.63) is 24.3 Å². The molecule has 0 aromatic heterocycles. The van der Waals surface area contributed by atoms with Gasteiger partial charge in [-0.3, -0.25) is 4.79 Å². The molecule has 4 nitrogen and oxygen atoms in total. The lowest BCUT2D eigenvalue weighted by Crippen LogP contribution is -2.45. The first-order valence-electron chi connectivity index (χ1n) is 6.05. The summed E-state index contributed by atoms with van der Waals surface area (Å²) in [7, 11) is 0. The number of rotatable bonds is 5. The second-order valence-electron chi connectivity index (χ2n) is 4.70. The molecule has 0 amide bonds. The maximum absolute atomic E-state index is 12.3. The van der Waals surface area contributed by atoms with Crippen molar-refractivity contribution in [3.8, 4) is 11.5 Å². The van der Waals surface area contributed by atoms with Crippen LogP contribution in [-0.4, -0.2) is 23.0 Å². The summed E-state index contributed by atoms with van der Waals surface area (Å²) in [5, 5.41) is 8.86. The summed E-state index contributed by atoms with van der Waals surface area (Å²) in [5.41, 5.74) is -0.934. The zero-order valence-corrected chi connectivity index (χ0v) is 10.4. The summed E-state index contributed by atoms with van der Waals surface area (Å²) in [5.74, 6) is -1.60. The highest BCUT2D eigenvalue weighted by atomic mass is 19.4. The Morgan fingerprint density at radius 2 is 1.85 bits per heavy atom. The van der Waals surface area contributed by atoms with E-state index in [4.69, 9.17) is 9.84 Å². The van der Waals surface area contributed by atoms with E-state index in [0.717, 1.165) is 12.5 Å². The fourth-order valence-corrected chi connectivity index (χ4v) is 2.14. The van der Waals surface area contributed by atoms with Crippen LogP contribution < -0.4 is 9.47 Å². The zero-order chi connectivity index (χ0) is 14.8. The van der Waals surface area contributed by atoms with Gasteiger partial charge < -0.3 is 14.6 Å². The topological polar surface area (TPSA) is 55.8 Å². The van der Waals surface area contributed by atoms with Gasteiger partial charge in [0.1, 0.15) is 5.60 Å². The van der Waals surface area contributed by atoms with Gasteiger partial charge in [0.05, 0.1) is 6.42 Å². The first-order valence-corrected chi connectivity index (χ1v) is 6.05. The number of hydrogen-bond donors (Lipinski definition) is 1. The number of carbonyl (C=O) groups is 1. The van der Waals surface area contributed by atoms with E-state index in [9.17, 15) is 18.0 Å². The number of carboxylic acid groups (broad SMARTS) is 1. The van der Waals surface area contributed by atoms with E-state index in [1.165, 1.54) is 18.2 Å². The number of halogens is 3. The SMILES string of the molecule is O=C(O)CC1(Oc2ccccc2OC(F)(F)F)CCC1. The summed E-state index contributed by atoms with van der Waals surface area (Å²) in [4.78, 5) is 10.8. The third kappa shape index (κ3) is 3.55. The third-order valence-electron chi connectivity index (χ3n) is 3.14. The summed E-state index contributed by atoms with van der Waals surface area (Å²) >= 11 is 0. The highest BCUT2D eigenvalue weighted by Gasteiger charge is 2.42. The third-order valence-corrected chi connectivity index (χ3v) is 3.14. The molecule has 0 spiro atoms. The van der Waals surface area contributed by atoms with Gasteiger partial charge in [-0.2, -0.15) is 0 Å². The van der Waals surface area contributed by atoms with E-state index in [1.54, 1.807) is 0 Å². The quantitative estimate of drug-likeness (QED) is 0.903. The second kappa shape index (κ2) is 5.22. The highest BCUT2D eigenvalue weighted by Crippen LogP contribution is 2.42. The normalized spacial score (nSPS) is 17.1. The van der Waals surface area contributed by atoms with Gasteiger partial charge in [-0.15, -0.1) is 13.2 Å². The van der Waals surface area contributed by atoms with Crippen molar-refractivity contribution in [2.75, 3.05) is 0 Å². The van der Waals surface area contributed by atoms with Gasteiger partial charge in [0.2, 0.25) is 0 Å². The van der Waals surface area contributed by atoms with Gasteiger partial charge in [-0.25, -0.2) is 0 Å². The van der Waals surface area contributed by atoms with Crippen LogP contribution >= 0.6 is 0 Å². The van der Waals surface area contributed by atoms with Gasteiger partial charge >= 0.3 is 12.3 Å². The molecule has 110 valence electrons. The number of ether oxygens (including phenoxy) is 2. The van der Waals surface area contributed by atoms with E-state index in [1.807, 2.05) is 0 Å². The monoisotopic (exact) mass is 290 g/mol. The Morgan fingerprint density at radius 1 is 1.25 bits per heavy atom. The minimum atomic E-state index is -4.82. The van der Waals surface area contributed by atoms with Crippen LogP contribution in [0, 0.1) is 0 Å². The van der Waals surface area contributed by atoms with E-state index < -0.39 is 23.7 Å². The van der Waals surface area contributed by atoms with Crippen LogP contribution in [0.1, 0.15) is 25.7 Å². The molecule has 0 unspecified atom stereocenters. The minimum Gasteiger partial charge on any atom is -0.483 e. The van der Waals surface area contributed by atoms with Crippen LogP contribution in [-0.2, 0) is 4.79 Å². The first kappa shape index (κ1) is 14.5. The van der Waals surface area contributed by atoms with Crippen LogP contribution in [0.2, 0.25) is 0 Å².